The largest absolute Gasteiger partial charge is 0.469 e. The molecule has 4 heteroatoms. The monoisotopic (exact) mass is 189 g/mol. The number of esters is 1. The third-order valence-electron chi connectivity index (χ3n) is 2.27. The van der Waals surface area contributed by atoms with Crippen molar-refractivity contribution in [3.8, 4) is 0 Å². The number of nitrogens with two attached hydrogens (primary N) is 1. The van der Waals surface area contributed by atoms with Crippen LogP contribution in [0.3, 0.4) is 0 Å². The molecule has 0 aromatic rings. The second-order valence-electron chi connectivity index (χ2n) is 3.22. The first-order chi connectivity index (χ1) is 6.16. The van der Waals surface area contributed by atoms with Gasteiger partial charge in [-0.1, -0.05) is 13.3 Å². The van der Waals surface area contributed by atoms with Gasteiger partial charge in [-0.05, 0) is 19.4 Å². The molecular weight excluding hydrogens is 170 g/mol. The minimum atomic E-state index is -0.780. The van der Waals surface area contributed by atoms with Crippen LogP contribution in [0.4, 0.5) is 0 Å². The third-order valence-corrected chi connectivity index (χ3v) is 2.27. The third kappa shape index (κ3) is 2.97. The number of hydrogen-bond donors (Lipinski definition) is 2. The van der Waals surface area contributed by atoms with E-state index in [-0.39, 0.29) is 12.6 Å². The smallest absolute Gasteiger partial charge is 0.314 e. The fourth-order valence-corrected chi connectivity index (χ4v) is 1.52. The molecule has 0 aliphatic heterocycles. The van der Waals surface area contributed by atoms with Crippen LogP contribution in [0, 0.1) is 5.41 Å². The van der Waals surface area contributed by atoms with E-state index < -0.39 is 5.41 Å². The van der Waals surface area contributed by atoms with Crippen LogP contribution in [-0.2, 0) is 9.53 Å². The number of ether oxygens (including phenoxy) is 1. The van der Waals surface area contributed by atoms with E-state index in [2.05, 4.69) is 4.74 Å². The first-order valence-corrected chi connectivity index (χ1v) is 4.56. The van der Waals surface area contributed by atoms with Gasteiger partial charge in [0.05, 0.1) is 19.1 Å². The van der Waals surface area contributed by atoms with E-state index >= 15 is 0 Å². The van der Waals surface area contributed by atoms with Gasteiger partial charge < -0.3 is 15.6 Å². The maximum absolute atomic E-state index is 11.4. The van der Waals surface area contributed by atoms with E-state index in [1.54, 1.807) is 0 Å². The number of aliphatic hydroxyl groups excluding tert-OH is 1. The standard InChI is InChI=1S/C9H19NO3/c1-3-4-9(7-11,5-6-10)8(12)13-2/h11H,3-7,10H2,1-2H3/t9-/m0/s1. The molecule has 0 aliphatic rings. The van der Waals surface area contributed by atoms with Crippen LogP contribution in [0.5, 0.6) is 0 Å². The Bertz CT molecular complexity index is 153. The molecule has 13 heavy (non-hydrogen) atoms. The lowest BCUT2D eigenvalue weighted by molar-refractivity contribution is -0.156. The Kier molecular flexibility index (Phi) is 5.66. The molecule has 0 aliphatic carbocycles. The van der Waals surface area contributed by atoms with Crippen molar-refractivity contribution in [3.05, 3.63) is 0 Å². The zero-order valence-electron chi connectivity index (χ0n) is 8.38. The predicted octanol–water partition coefficient (Wildman–Crippen LogP) is 0.287. The molecule has 0 saturated carbocycles. The molecule has 0 spiro atoms. The van der Waals surface area contributed by atoms with E-state index in [1.807, 2.05) is 6.92 Å². The van der Waals surface area contributed by atoms with E-state index in [1.165, 1.54) is 7.11 Å². The summed E-state index contributed by atoms with van der Waals surface area (Å²) in [6, 6.07) is 0. The summed E-state index contributed by atoms with van der Waals surface area (Å²) in [4.78, 5) is 11.4. The first-order valence-electron chi connectivity index (χ1n) is 4.56. The summed E-state index contributed by atoms with van der Waals surface area (Å²) in [5, 5.41) is 9.18. The molecule has 0 fully saturated rings. The van der Waals surface area contributed by atoms with Crippen LogP contribution >= 0.6 is 0 Å². The van der Waals surface area contributed by atoms with Crippen LogP contribution in [0.1, 0.15) is 26.2 Å². The number of methoxy groups -OCH3 is 1. The van der Waals surface area contributed by atoms with Gasteiger partial charge in [0.2, 0.25) is 0 Å². The molecule has 0 saturated heterocycles. The molecule has 4 nitrogen and oxygen atoms in total. The van der Waals surface area contributed by atoms with E-state index in [9.17, 15) is 9.90 Å². The highest BCUT2D eigenvalue weighted by molar-refractivity contribution is 5.76. The molecule has 0 bridgehead atoms. The number of aliphatic hydroxyl groups is 1. The Labute approximate surface area is 79.1 Å². The van der Waals surface area contributed by atoms with Gasteiger partial charge in [0.25, 0.3) is 0 Å². The highest BCUT2D eigenvalue weighted by atomic mass is 16.5. The van der Waals surface area contributed by atoms with Crippen LogP contribution in [-0.4, -0.2) is 31.3 Å². The van der Waals surface area contributed by atoms with E-state index in [4.69, 9.17) is 5.73 Å². The molecule has 0 heterocycles. The van der Waals surface area contributed by atoms with Gasteiger partial charge in [0.1, 0.15) is 0 Å². The summed E-state index contributed by atoms with van der Waals surface area (Å²) in [5.41, 5.74) is 4.61. The molecule has 3 N–H and O–H groups in total. The molecule has 0 rings (SSSR count). The lowest BCUT2D eigenvalue weighted by Gasteiger charge is -2.27. The molecule has 1 atom stereocenters. The Morgan fingerprint density at radius 1 is 1.54 bits per heavy atom. The van der Waals surface area contributed by atoms with Gasteiger partial charge >= 0.3 is 5.97 Å². The first kappa shape index (κ1) is 12.4. The maximum atomic E-state index is 11.4. The van der Waals surface area contributed by atoms with Gasteiger partial charge in [0.15, 0.2) is 0 Å². The molecule has 78 valence electrons. The topological polar surface area (TPSA) is 72.5 Å². The number of rotatable bonds is 6. The maximum Gasteiger partial charge on any atom is 0.314 e. The number of hydrogen-bond acceptors (Lipinski definition) is 4. The van der Waals surface area contributed by atoms with Crippen molar-refractivity contribution in [1.29, 1.82) is 0 Å². The minimum absolute atomic E-state index is 0.190. The predicted molar refractivity (Wildman–Crippen MR) is 50.1 cm³/mol. The van der Waals surface area contributed by atoms with Crippen molar-refractivity contribution in [3.63, 3.8) is 0 Å². The zero-order chi connectivity index (χ0) is 10.3. The minimum Gasteiger partial charge on any atom is -0.469 e. The fraction of sp³-hybridized carbons (Fsp3) is 0.889. The van der Waals surface area contributed by atoms with Gasteiger partial charge in [-0.2, -0.15) is 0 Å². The summed E-state index contributed by atoms with van der Waals surface area (Å²) >= 11 is 0. The van der Waals surface area contributed by atoms with Crippen molar-refractivity contribution in [2.24, 2.45) is 11.1 Å². The summed E-state index contributed by atoms with van der Waals surface area (Å²) in [6.07, 6.45) is 1.92. The van der Waals surface area contributed by atoms with Crippen molar-refractivity contribution >= 4 is 5.97 Å². The second-order valence-corrected chi connectivity index (χ2v) is 3.22. The molecule has 0 radical (unpaired) electrons. The normalized spacial score (nSPS) is 15.1. The molecule has 0 amide bonds. The van der Waals surface area contributed by atoms with Crippen molar-refractivity contribution in [1.82, 2.24) is 0 Å². The molecule has 0 aromatic carbocycles. The van der Waals surface area contributed by atoms with Crippen LogP contribution in [0.25, 0.3) is 0 Å². The van der Waals surface area contributed by atoms with Gasteiger partial charge in [0, 0.05) is 0 Å². The quantitative estimate of drug-likeness (QED) is 0.589. The van der Waals surface area contributed by atoms with Gasteiger partial charge in [-0.25, -0.2) is 0 Å². The molecule has 0 unspecified atom stereocenters. The Morgan fingerprint density at radius 2 is 2.15 bits per heavy atom. The summed E-state index contributed by atoms with van der Waals surface area (Å²) in [5.74, 6) is -0.359. The molecule has 0 aromatic heterocycles. The molecular formula is C9H19NO3. The summed E-state index contributed by atoms with van der Waals surface area (Å²) < 4.78 is 4.66. The Morgan fingerprint density at radius 3 is 2.46 bits per heavy atom. The van der Waals surface area contributed by atoms with Gasteiger partial charge in [-0.15, -0.1) is 0 Å². The lowest BCUT2D eigenvalue weighted by atomic mass is 9.81. The van der Waals surface area contributed by atoms with Crippen molar-refractivity contribution in [2.75, 3.05) is 20.3 Å². The average molecular weight is 189 g/mol. The zero-order valence-corrected chi connectivity index (χ0v) is 8.38. The number of carbonyl (C=O) groups excluding carboxylic acids is 1. The van der Waals surface area contributed by atoms with Crippen molar-refractivity contribution in [2.45, 2.75) is 26.2 Å². The Hall–Kier alpha value is -0.610. The second kappa shape index (κ2) is 5.94. The number of carbonyl (C=O) groups is 1. The highest BCUT2D eigenvalue weighted by Crippen LogP contribution is 2.28. The summed E-state index contributed by atoms with van der Waals surface area (Å²) in [6.45, 7) is 2.16. The van der Waals surface area contributed by atoms with E-state index in [0.717, 1.165) is 6.42 Å². The van der Waals surface area contributed by atoms with Crippen LogP contribution < -0.4 is 5.73 Å². The van der Waals surface area contributed by atoms with Crippen LogP contribution in [0.2, 0.25) is 0 Å². The average Bonchev–Trinajstić information content (AvgIpc) is 2.16. The highest BCUT2D eigenvalue weighted by Gasteiger charge is 2.37. The Balaban J connectivity index is 4.52. The SMILES string of the molecule is CCC[C@@](CO)(CCN)C(=O)OC. The fourth-order valence-electron chi connectivity index (χ4n) is 1.52. The van der Waals surface area contributed by atoms with Crippen LogP contribution in [0.15, 0.2) is 0 Å². The van der Waals surface area contributed by atoms with E-state index in [0.29, 0.717) is 19.4 Å². The van der Waals surface area contributed by atoms with Gasteiger partial charge in [-0.3, -0.25) is 4.79 Å². The lowest BCUT2D eigenvalue weighted by Crippen LogP contribution is -2.38. The van der Waals surface area contributed by atoms with Crippen molar-refractivity contribution < 1.29 is 14.6 Å². The summed E-state index contributed by atoms with van der Waals surface area (Å²) in [7, 11) is 1.33.